The van der Waals surface area contributed by atoms with E-state index >= 15 is 0 Å². The SMILES string of the molecule is COCC(O)CN(C)C(=O)N[C@@H](C)C(=O)O. The Hall–Kier alpha value is -1.34. The van der Waals surface area contributed by atoms with E-state index in [1.807, 2.05) is 0 Å². The molecule has 0 aliphatic heterocycles. The first kappa shape index (κ1) is 14.7. The first-order valence-electron chi connectivity index (χ1n) is 4.80. The van der Waals surface area contributed by atoms with Gasteiger partial charge in [-0.25, -0.2) is 4.79 Å². The number of aliphatic hydroxyl groups excluding tert-OH is 1. The van der Waals surface area contributed by atoms with Gasteiger partial charge in [-0.05, 0) is 6.92 Å². The maximum absolute atomic E-state index is 11.4. The Bertz CT molecular complexity index is 246. The minimum Gasteiger partial charge on any atom is -0.480 e. The quantitative estimate of drug-likeness (QED) is 0.553. The number of carbonyl (C=O) groups is 2. The summed E-state index contributed by atoms with van der Waals surface area (Å²) in [6.07, 6.45) is -0.791. The predicted molar refractivity (Wildman–Crippen MR) is 56.1 cm³/mol. The van der Waals surface area contributed by atoms with E-state index in [0.29, 0.717) is 0 Å². The first-order valence-corrected chi connectivity index (χ1v) is 4.80. The number of hydrogen-bond donors (Lipinski definition) is 3. The number of nitrogens with one attached hydrogen (secondary N) is 1. The molecular formula is C9H18N2O5. The van der Waals surface area contributed by atoms with E-state index in [1.165, 1.54) is 26.0 Å². The molecule has 0 rings (SSSR count). The lowest BCUT2D eigenvalue weighted by Crippen LogP contribution is -2.47. The Kier molecular flexibility index (Phi) is 6.43. The standard InChI is InChI=1S/C9H18N2O5/c1-6(8(13)14)10-9(15)11(2)4-7(12)5-16-3/h6-7,12H,4-5H2,1-3H3,(H,10,15)(H,13,14)/t6-,7?/m0/s1. The molecule has 7 nitrogen and oxygen atoms in total. The molecule has 2 amide bonds. The zero-order valence-corrected chi connectivity index (χ0v) is 9.64. The van der Waals surface area contributed by atoms with Gasteiger partial charge in [0.2, 0.25) is 0 Å². The zero-order chi connectivity index (χ0) is 12.7. The summed E-state index contributed by atoms with van der Waals surface area (Å²) in [5.74, 6) is -1.11. The van der Waals surface area contributed by atoms with Gasteiger partial charge in [0.1, 0.15) is 6.04 Å². The number of urea groups is 1. The fourth-order valence-electron chi connectivity index (χ4n) is 1.00. The third-order valence-corrected chi connectivity index (χ3v) is 1.90. The van der Waals surface area contributed by atoms with Crippen molar-refractivity contribution < 1.29 is 24.5 Å². The number of carboxylic acids is 1. The number of hydrogen-bond acceptors (Lipinski definition) is 4. The molecule has 7 heteroatoms. The van der Waals surface area contributed by atoms with Crippen molar-refractivity contribution in [3.63, 3.8) is 0 Å². The van der Waals surface area contributed by atoms with Gasteiger partial charge in [0.15, 0.2) is 0 Å². The Labute approximate surface area is 94.0 Å². The molecule has 0 aromatic heterocycles. The number of ether oxygens (including phenoxy) is 1. The summed E-state index contributed by atoms with van der Waals surface area (Å²) in [6.45, 7) is 1.55. The predicted octanol–water partition coefficient (Wildman–Crippen LogP) is -0.892. The molecular weight excluding hydrogens is 216 g/mol. The van der Waals surface area contributed by atoms with Crippen LogP contribution in [0.2, 0.25) is 0 Å². The van der Waals surface area contributed by atoms with Crippen LogP contribution < -0.4 is 5.32 Å². The molecule has 0 fully saturated rings. The van der Waals surface area contributed by atoms with Crippen LogP contribution in [0, 0.1) is 0 Å². The third-order valence-electron chi connectivity index (χ3n) is 1.90. The van der Waals surface area contributed by atoms with Crippen molar-refractivity contribution in [3.8, 4) is 0 Å². The van der Waals surface area contributed by atoms with E-state index in [4.69, 9.17) is 9.84 Å². The molecule has 1 unspecified atom stereocenters. The summed E-state index contributed by atoms with van der Waals surface area (Å²) in [6, 6.07) is -1.51. The Morgan fingerprint density at radius 3 is 2.50 bits per heavy atom. The largest absolute Gasteiger partial charge is 0.480 e. The van der Waals surface area contributed by atoms with Crippen LogP contribution in [0.3, 0.4) is 0 Å². The topological polar surface area (TPSA) is 99.1 Å². The molecule has 16 heavy (non-hydrogen) atoms. The second-order valence-electron chi connectivity index (χ2n) is 3.50. The van der Waals surface area contributed by atoms with Crippen molar-refractivity contribution in [2.45, 2.75) is 19.1 Å². The lowest BCUT2D eigenvalue weighted by Gasteiger charge is -2.22. The van der Waals surface area contributed by atoms with Gasteiger partial charge in [-0.3, -0.25) is 4.79 Å². The van der Waals surface area contributed by atoms with Gasteiger partial charge in [-0.15, -0.1) is 0 Å². The molecule has 0 aliphatic rings. The molecule has 3 N–H and O–H groups in total. The fraction of sp³-hybridized carbons (Fsp3) is 0.778. The number of aliphatic hydroxyl groups is 1. The van der Waals surface area contributed by atoms with Crippen molar-refractivity contribution in [2.75, 3.05) is 27.3 Å². The Balaban J connectivity index is 4.03. The molecule has 0 saturated carbocycles. The third kappa shape index (κ3) is 5.52. The molecule has 2 atom stereocenters. The van der Waals surface area contributed by atoms with Gasteiger partial charge >= 0.3 is 12.0 Å². The maximum atomic E-state index is 11.4. The zero-order valence-electron chi connectivity index (χ0n) is 9.64. The molecule has 0 aromatic rings. The Morgan fingerprint density at radius 1 is 1.50 bits per heavy atom. The molecule has 0 aromatic carbocycles. The number of carboxylic acid groups (broad SMARTS) is 1. The van der Waals surface area contributed by atoms with E-state index < -0.39 is 24.1 Å². The number of methoxy groups -OCH3 is 1. The van der Waals surface area contributed by atoms with Gasteiger partial charge in [0.25, 0.3) is 0 Å². The first-order chi connectivity index (χ1) is 7.38. The van der Waals surface area contributed by atoms with Crippen molar-refractivity contribution >= 4 is 12.0 Å². The van der Waals surface area contributed by atoms with E-state index in [-0.39, 0.29) is 13.2 Å². The lowest BCUT2D eigenvalue weighted by atomic mass is 10.3. The maximum Gasteiger partial charge on any atom is 0.325 e. The second kappa shape index (κ2) is 7.02. The number of rotatable bonds is 6. The number of amides is 2. The average Bonchev–Trinajstić information content (AvgIpc) is 2.17. The van der Waals surface area contributed by atoms with Crippen molar-refractivity contribution in [1.29, 1.82) is 0 Å². The van der Waals surface area contributed by atoms with Crippen LogP contribution in [-0.2, 0) is 9.53 Å². The highest BCUT2D eigenvalue weighted by Crippen LogP contribution is 1.92. The minimum atomic E-state index is -1.11. The molecule has 0 spiro atoms. The van der Waals surface area contributed by atoms with Crippen molar-refractivity contribution in [2.24, 2.45) is 0 Å². The minimum absolute atomic E-state index is 0.0754. The summed E-state index contributed by atoms with van der Waals surface area (Å²) in [7, 11) is 2.90. The molecule has 0 aliphatic carbocycles. The summed E-state index contributed by atoms with van der Waals surface area (Å²) < 4.78 is 4.70. The van der Waals surface area contributed by atoms with Crippen LogP contribution in [0.15, 0.2) is 0 Å². The highest BCUT2D eigenvalue weighted by Gasteiger charge is 2.18. The summed E-state index contributed by atoms with van der Waals surface area (Å²) >= 11 is 0. The van der Waals surface area contributed by atoms with Gasteiger partial charge < -0.3 is 25.2 Å². The number of carbonyl (C=O) groups excluding carboxylic acids is 1. The van der Waals surface area contributed by atoms with Crippen LogP contribution in [0.4, 0.5) is 4.79 Å². The lowest BCUT2D eigenvalue weighted by molar-refractivity contribution is -0.138. The highest BCUT2D eigenvalue weighted by molar-refractivity contribution is 5.82. The van der Waals surface area contributed by atoms with Crippen molar-refractivity contribution in [3.05, 3.63) is 0 Å². The van der Waals surface area contributed by atoms with Crippen LogP contribution >= 0.6 is 0 Å². The number of nitrogens with zero attached hydrogens (tertiary/aromatic N) is 1. The van der Waals surface area contributed by atoms with Gasteiger partial charge in [0, 0.05) is 14.2 Å². The normalized spacial score (nSPS) is 14.0. The summed E-state index contributed by atoms with van der Waals surface area (Å²) in [4.78, 5) is 23.1. The monoisotopic (exact) mass is 234 g/mol. The summed E-state index contributed by atoms with van der Waals surface area (Å²) in [5.41, 5.74) is 0. The number of aliphatic carboxylic acids is 1. The van der Waals surface area contributed by atoms with E-state index in [1.54, 1.807) is 0 Å². The molecule has 0 radical (unpaired) electrons. The highest BCUT2D eigenvalue weighted by atomic mass is 16.5. The van der Waals surface area contributed by atoms with Crippen molar-refractivity contribution in [1.82, 2.24) is 10.2 Å². The van der Waals surface area contributed by atoms with Gasteiger partial charge in [-0.2, -0.15) is 0 Å². The molecule has 0 bridgehead atoms. The Morgan fingerprint density at radius 2 is 2.06 bits per heavy atom. The molecule has 0 saturated heterocycles. The average molecular weight is 234 g/mol. The van der Waals surface area contributed by atoms with Crippen LogP contribution in [0.25, 0.3) is 0 Å². The van der Waals surface area contributed by atoms with Gasteiger partial charge in [0.05, 0.1) is 19.3 Å². The van der Waals surface area contributed by atoms with E-state index in [9.17, 15) is 14.7 Å². The van der Waals surface area contributed by atoms with Crippen LogP contribution in [0.1, 0.15) is 6.92 Å². The van der Waals surface area contributed by atoms with Crippen LogP contribution in [0.5, 0.6) is 0 Å². The molecule has 94 valence electrons. The fourth-order valence-corrected chi connectivity index (χ4v) is 1.00. The smallest absolute Gasteiger partial charge is 0.325 e. The van der Waals surface area contributed by atoms with E-state index in [0.717, 1.165) is 0 Å². The van der Waals surface area contributed by atoms with E-state index in [2.05, 4.69) is 5.32 Å². The summed E-state index contributed by atoms with van der Waals surface area (Å²) in [5, 5.41) is 20.2. The number of likely N-dealkylation sites (N-methyl/N-ethyl adjacent to an activating group) is 1. The van der Waals surface area contributed by atoms with Crippen LogP contribution in [-0.4, -0.2) is 66.6 Å². The second-order valence-corrected chi connectivity index (χ2v) is 3.50. The van der Waals surface area contributed by atoms with Gasteiger partial charge in [-0.1, -0.05) is 0 Å². The molecule has 0 heterocycles.